The van der Waals surface area contributed by atoms with Crippen LogP contribution in [0, 0.1) is 10.1 Å². The number of hydrogen-bond acceptors (Lipinski definition) is 7. The molecular formula is C12H20N4O3S. The van der Waals surface area contributed by atoms with E-state index in [0.717, 1.165) is 12.8 Å². The maximum atomic E-state index is 11.1. The van der Waals surface area contributed by atoms with Crippen LogP contribution in [-0.4, -0.2) is 39.5 Å². The molecule has 0 unspecified atom stereocenters. The fourth-order valence-electron chi connectivity index (χ4n) is 1.91. The number of nitrogens with one attached hydrogen (secondary N) is 1. The number of rotatable bonds is 8. The summed E-state index contributed by atoms with van der Waals surface area (Å²) in [6.07, 6.45) is 5.23. The topological polar surface area (TPSA) is 90.2 Å². The lowest BCUT2D eigenvalue weighted by atomic mass is 10.0. The van der Waals surface area contributed by atoms with Gasteiger partial charge in [0.05, 0.1) is 12.0 Å². The molecule has 0 amide bonds. The highest BCUT2D eigenvalue weighted by molar-refractivity contribution is 8.00. The lowest BCUT2D eigenvalue weighted by Crippen LogP contribution is -2.32. The Hall–Kier alpha value is -1.57. The third-order valence-electron chi connectivity index (χ3n) is 3.46. The molecule has 112 valence electrons. The molecule has 0 saturated carbocycles. The lowest BCUT2D eigenvalue weighted by molar-refractivity contribution is -0.385. The van der Waals surface area contributed by atoms with E-state index in [2.05, 4.69) is 29.1 Å². The van der Waals surface area contributed by atoms with Crippen LogP contribution >= 0.6 is 11.8 Å². The van der Waals surface area contributed by atoms with E-state index in [1.807, 2.05) is 6.26 Å². The summed E-state index contributed by atoms with van der Waals surface area (Å²) in [5.41, 5.74) is -0.225. The van der Waals surface area contributed by atoms with Crippen LogP contribution in [0.1, 0.15) is 26.7 Å². The molecule has 1 N–H and O–H groups in total. The van der Waals surface area contributed by atoms with E-state index in [-0.39, 0.29) is 22.1 Å². The Bertz CT molecular complexity index is 458. The summed E-state index contributed by atoms with van der Waals surface area (Å²) >= 11 is 1.75. The van der Waals surface area contributed by atoms with E-state index in [1.54, 1.807) is 11.8 Å². The van der Waals surface area contributed by atoms with Crippen LogP contribution in [0.3, 0.4) is 0 Å². The molecule has 1 aromatic rings. The minimum absolute atomic E-state index is 0.0322. The van der Waals surface area contributed by atoms with Crippen molar-refractivity contribution in [2.24, 2.45) is 0 Å². The second-order valence-corrected chi connectivity index (χ2v) is 5.56. The van der Waals surface area contributed by atoms with Crippen LogP contribution in [-0.2, 0) is 0 Å². The van der Waals surface area contributed by atoms with Crippen LogP contribution in [0.25, 0.3) is 0 Å². The SMILES string of the molecule is CCC(CC)(CNc1ncnc(OC)c1[N+](=O)[O-])SC. The van der Waals surface area contributed by atoms with Gasteiger partial charge in [0.1, 0.15) is 6.33 Å². The first-order chi connectivity index (χ1) is 9.53. The largest absolute Gasteiger partial charge is 0.476 e. The zero-order valence-electron chi connectivity index (χ0n) is 12.2. The van der Waals surface area contributed by atoms with Crippen LogP contribution in [0.2, 0.25) is 0 Å². The molecule has 1 heterocycles. The van der Waals surface area contributed by atoms with Gasteiger partial charge in [-0.05, 0) is 19.1 Å². The third kappa shape index (κ3) is 3.50. The molecule has 0 fully saturated rings. The molecule has 0 spiro atoms. The van der Waals surface area contributed by atoms with Crippen molar-refractivity contribution in [2.45, 2.75) is 31.4 Å². The average Bonchev–Trinajstić information content (AvgIpc) is 2.48. The van der Waals surface area contributed by atoms with Crippen molar-refractivity contribution in [3.8, 4) is 5.88 Å². The molecule has 8 heteroatoms. The fourth-order valence-corrected chi connectivity index (χ4v) is 2.71. The predicted octanol–water partition coefficient (Wildman–Crippen LogP) is 2.73. The Balaban J connectivity index is 3.01. The van der Waals surface area contributed by atoms with Crippen molar-refractivity contribution < 1.29 is 9.66 Å². The van der Waals surface area contributed by atoms with Crippen molar-refractivity contribution in [3.63, 3.8) is 0 Å². The van der Waals surface area contributed by atoms with Gasteiger partial charge in [0, 0.05) is 11.3 Å². The molecule has 7 nitrogen and oxygen atoms in total. The van der Waals surface area contributed by atoms with Crippen molar-refractivity contribution in [1.29, 1.82) is 0 Å². The molecule has 20 heavy (non-hydrogen) atoms. The van der Waals surface area contributed by atoms with Crippen molar-refractivity contribution in [3.05, 3.63) is 16.4 Å². The quantitative estimate of drug-likeness (QED) is 0.583. The molecule has 1 aromatic heterocycles. The van der Waals surface area contributed by atoms with Gasteiger partial charge in [0.2, 0.25) is 5.82 Å². The summed E-state index contributed by atoms with van der Waals surface area (Å²) in [5.74, 6) is 0.164. The number of nitro groups is 1. The standard InChI is InChI=1S/C12H20N4O3S/c1-5-12(6-2,20-4)7-13-10-9(16(17)18)11(19-3)15-8-14-10/h8H,5-7H2,1-4H3,(H,13,14,15). The molecule has 0 aliphatic heterocycles. The van der Waals surface area contributed by atoms with Crippen LogP contribution in [0.5, 0.6) is 5.88 Å². The van der Waals surface area contributed by atoms with Gasteiger partial charge in [-0.3, -0.25) is 10.1 Å². The average molecular weight is 300 g/mol. The third-order valence-corrected chi connectivity index (χ3v) is 5.05. The normalized spacial score (nSPS) is 11.2. The Morgan fingerprint density at radius 1 is 1.45 bits per heavy atom. The van der Waals surface area contributed by atoms with Gasteiger partial charge in [0.25, 0.3) is 5.88 Å². The van der Waals surface area contributed by atoms with Gasteiger partial charge < -0.3 is 10.1 Å². The minimum Gasteiger partial charge on any atom is -0.476 e. The molecule has 0 saturated heterocycles. The smallest absolute Gasteiger partial charge is 0.372 e. The van der Waals surface area contributed by atoms with Gasteiger partial charge in [-0.1, -0.05) is 13.8 Å². The van der Waals surface area contributed by atoms with E-state index in [0.29, 0.717) is 6.54 Å². The Kier molecular flexibility index (Phi) is 6.00. The van der Waals surface area contributed by atoms with Crippen LogP contribution in [0.4, 0.5) is 11.5 Å². The molecule has 0 aromatic carbocycles. The molecule has 0 radical (unpaired) electrons. The molecule has 0 aliphatic carbocycles. The number of anilines is 1. The second kappa shape index (κ2) is 7.28. The molecule has 0 bridgehead atoms. The van der Waals surface area contributed by atoms with Crippen LogP contribution in [0.15, 0.2) is 6.33 Å². The van der Waals surface area contributed by atoms with Crippen molar-refractivity contribution in [2.75, 3.05) is 25.2 Å². The fraction of sp³-hybridized carbons (Fsp3) is 0.667. The minimum atomic E-state index is -0.528. The molecule has 0 atom stereocenters. The summed E-state index contributed by atoms with van der Waals surface area (Å²) in [6, 6.07) is 0. The highest BCUT2D eigenvalue weighted by Crippen LogP contribution is 2.34. The van der Waals surface area contributed by atoms with Gasteiger partial charge in [0.15, 0.2) is 0 Å². The molecular weight excluding hydrogens is 280 g/mol. The number of nitrogens with zero attached hydrogens (tertiary/aromatic N) is 3. The number of methoxy groups -OCH3 is 1. The highest BCUT2D eigenvalue weighted by atomic mass is 32.2. The van der Waals surface area contributed by atoms with E-state index < -0.39 is 4.92 Å². The van der Waals surface area contributed by atoms with E-state index in [9.17, 15) is 10.1 Å². The van der Waals surface area contributed by atoms with E-state index in [1.165, 1.54) is 13.4 Å². The summed E-state index contributed by atoms with van der Waals surface area (Å²) in [7, 11) is 1.35. The molecule has 1 rings (SSSR count). The highest BCUT2D eigenvalue weighted by Gasteiger charge is 2.28. The molecule has 0 aliphatic rings. The second-order valence-electron chi connectivity index (χ2n) is 4.29. The van der Waals surface area contributed by atoms with Gasteiger partial charge in [-0.2, -0.15) is 16.7 Å². The predicted molar refractivity (Wildman–Crippen MR) is 80.6 cm³/mol. The van der Waals surface area contributed by atoms with Gasteiger partial charge in [-0.25, -0.2) is 4.98 Å². The zero-order valence-corrected chi connectivity index (χ0v) is 13.0. The first kappa shape index (κ1) is 16.5. The van der Waals surface area contributed by atoms with E-state index >= 15 is 0 Å². The first-order valence-corrected chi connectivity index (χ1v) is 7.58. The summed E-state index contributed by atoms with van der Waals surface area (Å²) in [6.45, 7) is 4.81. The summed E-state index contributed by atoms with van der Waals surface area (Å²) in [5, 5.41) is 14.2. The number of aromatic nitrogens is 2. The van der Waals surface area contributed by atoms with Crippen molar-refractivity contribution >= 4 is 23.3 Å². The van der Waals surface area contributed by atoms with E-state index in [4.69, 9.17) is 4.74 Å². The number of hydrogen-bond donors (Lipinski definition) is 1. The monoisotopic (exact) mass is 300 g/mol. The Morgan fingerprint density at radius 2 is 2.10 bits per heavy atom. The summed E-state index contributed by atoms with van der Waals surface area (Å²) in [4.78, 5) is 18.3. The maximum Gasteiger partial charge on any atom is 0.372 e. The number of thioether (sulfide) groups is 1. The first-order valence-electron chi connectivity index (χ1n) is 6.36. The number of ether oxygens (including phenoxy) is 1. The van der Waals surface area contributed by atoms with Crippen molar-refractivity contribution in [1.82, 2.24) is 9.97 Å². The maximum absolute atomic E-state index is 11.1. The Labute approximate surface area is 122 Å². The lowest BCUT2D eigenvalue weighted by Gasteiger charge is -2.29. The van der Waals surface area contributed by atoms with Crippen LogP contribution < -0.4 is 10.1 Å². The zero-order chi connectivity index (χ0) is 15.2. The Morgan fingerprint density at radius 3 is 2.55 bits per heavy atom. The summed E-state index contributed by atoms with van der Waals surface area (Å²) < 4.78 is 4.95. The van der Waals surface area contributed by atoms with Gasteiger partial charge in [-0.15, -0.1) is 0 Å². The van der Waals surface area contributed by atoms with Gasteiger partial charge >= 0.3 is 5.69 Å².